The Hall–Kier alpha value is -2.50. The molecule has 0 bridgehead atoms. The summed E-state index contributed by atoms with van der Waals surface area (Å²) >= 11 is 0. The van der Waals surface area contributed by atoms with Crippen LogP contribution in [0.5, 0.6) is 0 Å². The second-order valence-corrected chi connectivity index (χ2v) is 5.78. The van der Waals surface area contributed by atoms with Crippen molar-refractivity contribution >= 4 is 11.7 Å². The largest absolute Gasteiger partial charge is 0.368 e. The first-order valence-electron chi connectivity index (χ1n) is 7.72. The topological polar surface area (TPSA) is 80.9 Å². The molecule has 1 aromatic heterocycles. The summed E-state index contributed by atoms with van der Waals surface area (Å²) in [6.07, 6.45) is 3.99. The fourth-order valence-electron chi connectivity index (χ4n) is 2.95. The Morgan fingerprint density at radius 1 is 1.22 bits per heavy atom. The Kier molecular flexibility index (Phi) is 4.23. The summed E-state index contributed by atoms with van der Waals surface area (Å²) in [5.74, 6) is 0.431. The lowest BCUT2D eigenvalue weighted by molar-refractivity contribution is -0.118. The molecule has 23 heavy (non-hydrogen) atoms. The molecule has 1 amide bonds. The molecule has 0 fully saturated rings. The summed E-state index contributed by atoms with van der Waals surface area (Å²) in [6.45, 7) is 1.83. The lowest BCUT2D eigenvalue weighted by Crippen LogP contribution is -2.29. The van der Waals surface area contributed by atoms with E-state index < -0.39 is 11.9 Å². The summed E-state index contributed by atoms with van der Waals surface area (Å²) < 4.78 is 13.1. The van der Waals surface area contributed by atoms with Gasteiger partial charge in [-0.25, -0.2) is 14.4 Å². The highest BCUT2D eigenvalue weighted by molar-refractivity contribution is 5.84. The molecule has 5 nitrogen and oxygen atoms in total. The van der Waals surface area contributed by atoms with E-state index in [1.807, 2.05) is 6.92 Å². The Morgan fingerprint density at radius 2 is 1.91 bits per heavy atom. The van der Waals surface area contributed by atoms with Gasteiger partial charge in [-0.05, 0) is 50.3 Å². The van der Waals surface area contributed by atoms with Gasteiger partial charge in [0, 0.05) is 11.3 Å². The van der Waals surface area contributed by atoms with Gasteiger partial charge < -0.3 is 11.1 Å². The number of carbonyl (C=O) groups excluding carboxylic acids is 1. The number of aromatic nitrogens is 2. The van der Waals surface area contributed by atoms with Crippen LogP contribution in [0.2, 0.25) is 0 Å². The van der Waals surface area contributed by atoms with Crippen molar-refractivity contribution < 1.29 is 9.18 Å². The summed E-state index contributed by atoms with van der Waals surface area (Å²) in [5.41, 5.74) is 8.23. The molecule has 0 aliphatic heterocycles. The van der Waals surface area contributed by atoms with Crippen LogP contribution in [0.1, 0.15) is 41.5 Å². The number of fused-ring (bicyclic) bond motifs is 1. The number of halogens is 1. The molecule has 1 aliphatic rings. The zero-order chi connectivity index (χ0) is 16.4. The van der Waals surface area contributed by atoms with Crippen LogP contribution in [-0.4, -0.2) is 15.9 Å². The van der Waals surface area contributed by atoms with Crippen molar-refractivity contribution in [2.24, 2.45) is 5.73 Å². The van der Waals surface area contributed by atoms with Crippen LogP contribution in [0, 0.1) is 12.7 Å². The summed E-state index contributed by atoms with van der Waals surface area (Å²) in [4.78, 5) is 20.8. The Bertz CT molecular complexity index is 730. The first kappa shape index (κ1) is 15.4. The van der Waals surface area contributed by atoms with E-state index in [1.54, 1.807) is 12.1 Å². The lowest BCUT2D eigenvalue weighted by Gasteiger charge is -2.22. The van der Waals surface area contributed by atoms with Gasteiger partial charge in [-0.1, -0.05) is 12.1 Å². The summed E-state index contributed by atoms with van der Waals surface area (Å²) in [7, 11) is 0. The molecule has 0 radical (unpaired) electrons. The van der Waals surface area contributed by atoms with Gasteiger partial charge in [0.2, 0.25) is 5.91 Å². The van der Waals surface area contributed by atoms with Crippen molar-refractivity contribution in [3.63, 3.8) is 0 Å². The van der Waals surface area contributed by atoms with E-state index in [9.17, 15) is 9.18 Å². The molecular weight excluding hydrogens is 295 g/mol. The maximum atomic E-state index is 13.1. The SMILES string of the molecule is Cc1nc2c(c(NC(C(N)=O)c3ccc(F)cc3)n1)CCCC2. The monoisotopic (exact) mass is 314 g/mol. The van der Waals surface area contributed by atoms with Gasteiger partial charge in [-0.3, -0.25) is 4.79 Å². The van der Waals surface area contributed by atoms with Gasteiger partial charge in [0.25, 0.3) is 0 Å². The molecule has 120 valence electrons. The molecule has 1 heterocycles. The van der Waals surface area contributed by atoms with Gasteiger partial charge >= 0.3 is 0 Å². The number of hydrogen-bond donors (Lipinski definition) is 2. The van der Waals surface area contributed by atoms with E-state index in [4.69, 9.17) is 5.73 Å². The predicted octanol–water partition coefficient (Wildman–Crippen LogP) is 2.44. The number of primary amides is 1. The lowest BCUT2D eigenvalue weighted by atomic mass is 9.96. The highest BCUT2D eigenvalue weighted by Gasteiger charge is 2.23. The van der Waals surface area contributed by atoms with Crippen molar-refractivity contribution in [1.29, 1.82) is 0 Å². The molecule has 3 N–H and O–H groups in total. The fraction of sp³-hybridized carbons (Fsp3) is 0.353. The summed E-state index contributed by atoms with van der Waals surface area (Å²) in [5, 5.41) is 3.14. The van der Waals surface area contributed by atoms with E-state index in [0.717, 1.165) is 36.9 Å². The van der Waals surface area contributed by atoms with Gasteiger partial charge in [-0.15, -0.1) is 0 Å². The van der Waals surface area contributed by atoms with Crippen LogP contribution in [0.4, 0.5) is 10.2 Å². The van der Waals surface area contributed by atoms with Gasteiger partial charge in [0.05, 0.1) is 0 Å². The summed E-state index contributed by atoms with van der Waals surface area (Å²) in [6, 6.07) is 4.98. The van der Waals surface area contributed by atoms with Crippen LogP contribution in [-0.2, 0) is 17.6 Å². The number of rotatable bonds is 4. The number of carbonyl (C=O) groups is 1. The van der Waals surface area contributed by atoms with Crippen molar-refractivity contribution in [3.8, 4) is 0 Å². The van der Waals surface area contributed by atoms with E-state index in [2.05, 4.69) is 15.3 Å². The third-order valence-corrected chi connectivity index (χ3v) is 4.06. The molecule has 0 saturated heterocycles. The van der Waals surface area contributed by atoms with Crippen LogP contribution in [0.25, 0.3) is 0 Å². The van der Waals surface area contributed by atoms with Crippen molar-refractivity contribution in [3.05, 3.63) is 52.7 Å². The van der Waals surface area contributed by atoms with Crippen LogP contribution in [0.3, 0.4) is 0 Å². The fourth-order valence-corrected chi connectivity index (χ4v) is 2.95. The van der Waals surface area contributed by atoms with Gasteiger partial charge in [0.1, 0.15) is 23.5 Å². The average molecular weight is 314 g/mol. The van der Waals surface area contributed by atoms with Gasteiger partial charge in [0.15, 0.2) is 0 Å². The molecule has 1 aliphatic carbocycles. The maximum Gasteiger partial charge on any atom is 0.244 e. The zero-order valence-electron chi connectivity index (χ0n) is 13.0. The minimum absolute atomic E-state index is 0.354. The number of nitrogens with two attached hydrogens (primary N) is 1. The smallest absolute Gasteiger partial charge is 0.244 e. The number of hydrogen-bond acceptors (Lipinski definition) is 4. The number of benzene rings is 1. The number of anilines is 1. The predicted molar refractivity (Wildman–Crippen MR) is 85.4 cm³/mol. The van der Waals surface area contributed by atoms with E-state index in [1.165, 1.54) is 12.1 Å². The highest BCUT2D eigenvalue weighted by Crippen LogP contribution is 2.28. The molecule has 0 saturated carbocycles. The molecule has 1 atom stereocenters. The Morgan fingerprint density at radius 3 is 2.61 bits per heavy atom. The molecule has 3 rings (SSSR count). The third-order valence-electron chi connectivity index (χ3n) is 4.06. The Balaban J connectivity index is 1.96. The normalized spacial score (nSPS) is 14.9. The van der Waals surface area contributed by atoms with E-state index >= 15 is 0 Å². The standard InChI is InChI=1S/C17H19FN4O/c1-10-20-14-5-3-2-4-13(14)17(21-10)22-15(16(19)23)11-6-8-12(18)9-7-11/h6-9,15H,2-5H2,1H3,(H2,19,23)(H,20,21,22). The molecule has 0 spiro atoms. The molecule has 1 unspecified atom stereocenters. The van der Waals surface area contributed by atoms with Crippen molar-refractivity contribution in [2.45, 2.75) is 38.6 Å². The average Bonchev–Trinajstić information content (AvgIpc) is 2.53. The van der Waals surface area contributed by atoms with Crippen molar-refractivity contribution in [1.82, 2.24) is 9.97 Å². The first-order chi connectivity index (χ1) is 11.0. The minimum Gasteiger partial charge on any atom is -0.368 e. The maximum absolute atomic E-state index is 13.1. The van der Waals surface area contributed by atoms with E-state index in [0.29, 0.717) is 17.2 Å². The number of aryl methyl sites for hydroxylation is 2. The molecule has 6 heteroatoms. The second kappa shape index (κ2) is 6.32. The van der Waals surface area contributed by atoms with Gasteiger partial charge in [-0.2, -0.15) is 0 Å². The quantitative estimate of drug-likeness (QED) is 0.908. The van der Waals surface area contributed by atoms with Crippen LogP contribution >= 0.6 is 0 Å². The Labute approximate surface area is 134 Å². The zero-order valence-corrected chi connectivity index (χ0v) is 13.0. The first-order valence-corrected chi connectivity index (χ1v) is 7.72. The van der Waals surface area contributed by atoms with Crippen LogP contribution in [0.15, 0.2) is 24.3 Å². The minimum atomic E-state index is -0.754. The molecule has 1 aromatic carbocycles. The second-order valence-electron chi connectivity index (χ2n) is 5.78. The molecule has 2 aromatic rings. The number of nitrogens with zero attached hydrogens (tertiary/aromatic N) is 2. The van der Waals surface area contributed by atoms with E-state index in [-0.39, 0.29) is 5.82 Å². The van der Waals surface area contributed by atoms with Crippen LogP contribution < -0.4 is 11.1 Å². The molecular formula is C17H19FN4O. The highest BCUT2D eigenvalue weighted by atomic mass is 19.1. The number of nitrogens with one attached hydrogen (secondary N) is 1. The van der Waals surface area contributed by atoms with Crippen molar-refractivity contribution in [2.75, 3.05) is 5.32 Å². The number of amides is 1. The third kappa shape index (κ3) is 3.31.